The second-order valence-corrected chi connectivity index (χ2v) is 8.33. The zero-order valence-corrected chi connectivity index (χ0v) is 15.9. The second kappa shape index (κ2) is 7.47. The van der Waals surface area contributed by atoms with Gasteiger partial charge in [0.25, 0.3) is 0 Å². The topological polar surface area (TPSA) is 54.5 Å². The summed E-state index contributed by atoms with van der Waals surface area (Å²) in [6.07, 6.45) is 5.67. The van der Waals surface area contributed by atoms with Gasteiger partial charge in [-0.05, 0) is 55.5 Å². The molecular weight excluding hydrogens is 346 g/mol. The van der Waals surface area contributed by atoms with Crippen LogP contribution in [0.3, 0.4) is 0 Å². The predicted molar refractivity (Wildman–Crippen MR) is 102 cm³/mol. The number of methoxy groups -OCH3 is 1. The molecule has 1 unspecified atom stereocenters. The van der Waals surface area contributed by atoms with Crippen molar-refractivity contribution in [3.63, 3.8) is 0 Å². The number of carbonyl (C=O) groups excluding carboxylic acids is 1. The van der Waals surface area contributed by atoms with E-state index in [-0.39, 0.29) is 5.97 Å². The van der Waals surface area contributed by atoms with Crippen molar-refractivity contribution in [2.45, 2.75) is 38.4 Å². The molecule has 0 bridgehead atoms. The highest BCUT2D eigenvalue weighted by Crippen LogP contribution is 2.56. The van der Waals surface area contributed by atoms with Crippen LogP contribution >= 0.6 is 11.3 Å². The number of nitrogens with zero attached hydrogens (tertiary/aromatic N) is 2. The van der Waals surface area contributed by atoms with E-state index >= 15 is 0 Å². The maximum Gasteiger partial charge on any atom is 0.337 e. The third kappa shape index (κ3) is 3.68. The second-order valence-electron chi connectivity index (χ2n) is 7.36. The highest BCUT2D eigenvalue weighted by molar-refractivity contribution is 7.09. The third-order valence-corrected chi connectivity index (χ3v) is 6.51. The summed E-state index contributed by atoms with van der Waals surface area (Å²) in [5.74, 6) is -0.278. The number of carbonyl (C=O) groups is 1. The molecule has 1 aromatic heterocycles. The van der Waals surface area contributed by atoms with Crippen LogP contribution in [0.5, 0.6) is 0 Å². The number of aromatic nitrogens is 1. The number of esters is 1. The first-order chi connectivity index (χ1) is 12.7. The number of thiazole rings is 1. The number of hydrogen-bond donors (Lipinski definition) is 1. The molecule has 5 nitrogen and oxygen atoms in total. The lowest BCUT2D eigenvalue weighted by atomic mass is 9.93. The van der Waals surface area contributed by atoms with Crippen LogP contribution in [0.2, 0.25) is 0 Å². The highest BCUT2D eigenvalue weighted by Gasteiger charge is 2.56. The Balaban J connectivity index is 1.53. The van der Waals surface area contributed by atoms with Crippen molar-refractivity contribution >= 4 is 17.3 Å². The van der Waals surface area contributed by atoms with Crippen LogP contribution in [-0.4, -0.2) is 42.1 Å². The molecule has 2 fully saturated rings. The van der Waals surface area contributed by atoms with Crippen molar-refractivity contribution in [2.24, 2.45) is 5.41 Å². The molecular formula is C20H25N3O2S. The monoisotopic (exact) mass is 371 g/mol. The molecule has 2 aromatic rings. The summed E-state index contributed by atoms with van der Waals surface area (Å²) < 4.78 is 4.86. The first-order valence-electron chi connectivity index (χ1n) is 9.21. The summed E-state index contributed by atoms with van der Waals surface area (Å²) in [7, 11) is 1.43. The fourth-order valence-corrected chi connectivity index (χ4v) is 4.88. The maximum absolute atomic E-state index is 11.8. The minimum atomic E-state index is -0.278. The first-order valence-corrected chi connectivity index (χ1v) is 10.1. The Labute approximate surface area is 158 Å². The SMILES string of the molecule is COC(=O)c1cccc(CN(Cc2nccs2)C2CC23CCNCC3)c1. The summed E-state index contributed by atoms with van der Waals surface area (Å²) in [6.45, 7) is 3.96. The predicted octanol–water partition coefficient (Wildman–Crippen LogP) is 3.07. The van der Waals surface area contributed by atoms with Crippen LogP contribution in [0.15, 0.2) is 35.8 Å². The number of nitrogens with one attached hydrogen (secondary N) is 1. The van der Waals surface area contributed by atoms with Crippen molar-refractivity contribution in [3.05, 3.63) is 52.0 Å². The Morgan fingerprint density at radius 2 is 2.23 bits per heavy atom. The smallest absolute Gasteiger partial charge is 0.337 e. The molecule has 1 N–H and O–H groups in total. The van der Waals surface area contributed by atoms with Crippen molar-refractivity contribution in [1.82, 2.24) is 15.2 Å². The van der Waals surface area contributed by atoms with E-state index in [1.807, 2.05) is 29.8 Å². The standard InChI is InChI=1S/C20H25N3O2S/c1-25-19(24)16-4-2-3-15(11-16)13-23(14-18-22-9-10-26-18)17-12-20(17)5-7-21-8-6-20/h2-4,9-11,17,21H,5-8,12-14H2,1H3. The molecule has 0 amide bonds. The van der Waals surface area contributed by atoms with E-state index in [1.54, 1.807) is 11.3 Å². The number of hydrogen-bond acceptors (Lipinski definition) is 6. The molecule has 2 aliphatic rings. The molecule has 26 heavy (non-hydrogen) atoms. The fourth-order valence-electron chi connectivity index (χ4n) is 4.23. The molecule has 1 saturated carbocycles. The maximum atomic E-state index is 11.8. The van der Waals surface area contributed by atoms with Gasteiger partial charge in [-0.25, -0.2) is 9.78 Å². The molecule has 1 saturated heterocycles. The summed E-state index contributed by atoms with van der Waals surface area (Å²) >= 11 is 1.71. The molecule has 2 heterocycles. The van der Waals surface area contributed by atoms with E-state index in [4.69, 9.17) is 4.74 Å². The van der Waals surface area contributed by atoms with E-state index in [0.29, 0.717) is 17.0 Å². The molecule has 0 radical (unpaired) electrons. The zero-order chi connectivity index (χ0) is 18.0. The van der Waals surface area contributed by atoms with Crippen LogP contribution < -0.4 is 5.32 Å². The minimum absolute atomic E-state index is 0.278. The molecule has 1 spiro atoms. The highest BCUT2D eigenvalue weighted by atomic mass is 32.1. The number of rotatable bonds is 6. The summed E-state index contributed by atoms with van der Waals surface area (Å²) in [6, 6.07) is 8.41. The Morgan fingerprint density at radius 3 is 2.96 bits per heavy atom. The Bertz CT molecular complexity index is 756. The molecule has 1 atom stereocenters. The van der Waals surface area contributed by atoms with Crippen molar-refractivity contribution in [3.8, 4) is 0 Å². The number of benzene rings is 1. The van der Waals surface area contributed by atoms with E-state index in [0.717, 1.165) is 36.8 Å². The zero-order valence-electron chi connectivity index (χ0n) is 15.1. The van der Waals surface area contributed by atoms with Crippen LogP contribution in [0.4, 0.5) is 0 Å². The van der Waals surface area contributed by atoms with Gasteiger partial charge in [0.15, 0.2) is 0 Å². The van der Waals surface area contributed by atoms with Gasteiger partial charge in [-0.3, -0.25) is 4.90 Å². The van der Waals surface area contributed by atoms with Gasteiger partial charge in [0, 0.05) is 24.2 Å². The third-order valence-electron chi connectivity index (χ3n) is 5.74. The van der Waals surface area contributed by atoms with Crippen LogP contribution in [0, 0.1) is 5.41 Å². The molecule has 1 aliphatic heterocycles. The number of ether oxygens (including phenoxy) is 1. The molecule has 138 valence electrons. The fraction of sp³-hybridized carbons (Fsp3) is 0.500. The lowest BCUT2D eigenvalue weighted by Crippen LogP contribution is -2.35. The van der Waals surface area contributed by atoms with E-state index in [9.17, 15) is 4.79 Å². The summed E-state index contributed by atoms with van der Waals surface area (Å²) in [4.78, 5) is 18.9. The van der Waals surface area contributed by atoms with Gasteiger partial charge < -0.3 is 10.1 Å². The quantitative estimate of drug-likeness (QED) is 0.791. The van der Waals surface area contributed by atoms with Gasteiger partial charge in [0.1, 0.15) is 5.01 Å². The number of piperidine rings is 1. The molecule has 4 rings (SSSR count). The van der Waals surface area contributed by atoms with Crippen LogP contribution in [0.25, 0.3) is 0 Å². The molecule has 1 aliphatic carbocycles. The largest absolute Gasteiger partial charge is 0.465 e. The Morgan fingerprint density at radius 1 is 1.38 bits per heavy atom. The summed E-state index contributed by atoms with van der Waals surface area (Å²) in [5, 5.41) is 6.68. The van der Waals surface area contributed by atoms with Crippen molar-refractivity contribution in [1.29, 1.82) is 0 Å². The van der Waals surface area contributed by atoms with Crippen LogP contribution in [-0.2, 0) is 17.8 Å². The minimum Gasteiger partial charge on any atom is -0.465 e. The average molecular weight is 372 g/mol. The summed E-state index contributed by atoms with van der Waals surface area (Å²) in [5.41, 5.74) is 2.25. The first kappa shape index (κ1) is 17.6. The van der Waals surface area contributed by atoms with E-state index < -0.39 is 0 Å². The normalized spacial score (nSPS) is 21.1. The van der Waals surface area contributed by atoms with Gasteiger partial charge in [-0.1, -0.05) is 12.1 Å². The average Bonchev–Trinajstić information content (AvgIpc) is 3.11. The molecule has 1 aromatic carbocycles. The van der Waals surface area contributed by atoms with Gasteiger partial charge in [0.05, 0.1) is 19.2 Å². The van der Waals surface area contributed by atoms with Gasteiger partial charge >= 0.3 is 5.97 Å². The lowest BCUT2D eigenvalue weighted by molar-refractivity contribution is 0.0600. The lowest BCUT2D eigenvalue weighted by Gasteiger charge is -2.29. The molecule has 6 heteroatoms. The van der Waals surface area contributed by atoms with Gasteiger partial charge in [0.2, 0.25) is 0 Å². The Kier molecular flexibility index (Phi) is 5.07. The van der Waals surface area contributed by atoms with E-state index in [1.165, 1.54) is 26.4 Å². The van der Waals surface area contributed by atoms with Crippen molar-refractivity contribution < 1.29 is 9.53 Å². The Hall–Kier alpha value is -1.76. The van der Waals surface area contributed by atoms with Gasteiger partial charge in [-0.2, -0.15) is 0 Å². The van der Waals surface area contributed by atoms with Gasteiger partial charge in [-0.15, -0.1) is 11.3 Å². The van der Waals surface area contributed by atoms with E-state index in [2.05, 4.69) is 21.3 Å². The van der Waals surface area contributed by atoms with Crippen molar-refractivity contribution in [2.75, 3.05) is 20.2 Å². The van der Waals surface area contributed by atoms with Crippen LogP contribution in [0.1, 0.15) is 40.2 Å².